The van der Waals surface area contributed by atoms with Gasteiger partial charge in [-0.25, -0.2) is 4.79 Å². The Kier molecular flexibility index (Phi) is 5.51. The largest absolute Gasteiger partial charge is 0.444 e. The van der Waals surface area contributed by atoms with Crippen LogP contribution in [0.25, 0.3) is 0 Å². The number of carbonyl (C=O) groups excluding carboxylic acids is 1. The summed E-state index contributed by atoms with van der Waals surface area (Å²) in [6, 6.07) is 4.05. The van der Waals surface area contributed by atoms with Crippen molar-refractivity contribution in [2.45, 2.75) is 44.1 Å². The number of piperidine rings is 1. The molecule has 116 valence electrons. The monoisotopic (exact) mass is 308 g/mol. The maximum atomic E-state index is 12.1. The Morgan fingerprint density at radius 3 is 2.81 bits per heavy atom. The number of carbonyl (C=O) groups is 1. The summed E-state index contributed by atoms with van der Waals surface area (Å²) in [4.78, 5) is 19.2. The molecular weight excluding hydrogens is 284 g/mol. The van der Waals surface area contributed by atoms with E-state index in [1.807, 2.05) is 62.0 Å². The number of thioether (sulfide) groups is 1. The lowest BCUT2D eigenvalue weighted by atomic mass is 10.0. The van der Waals surface area contributed by atoms with Crippen LogP contribution in [0.2, 0.25) is 0 Å². The number of hydrogen-bond acceptors (Lipinski definition) is 4. The van der Waals surface area contributed by atoms with Crippen LogP contribution in [0.4, 0.5) is 4.79 Å². The van der Waals surface area contributed by atoms with Gasteiger partial charge in [0.05, 0.1) is 0 Å². The quantitative estimate of drug-likeness (QED) is 0.796. The molecule has 0 unspecified atom stereocenters. The van der Waals surface area contributed by atoms with E-state index in [2.05, 4.69) is 4.98 Å². The van der Waals surface area contributed by atoms with Crippen molar-refractivity contribution in [3.63, 3.8) is 0 Å². The average Bonchev–Trinajstić information content (AvgIpc) is 2.45. The molecule has 4 nitrogen and oxygen atoms in total. The van der Waals surface area contributed by atoms with Gasteiger partial charge < -0.3 is 9.64 Å². The highest BCUT2D eigenvalue weighted by atomic mass is 32.2. The SMILES string of the molecule is CC(C)(C)OC(=O)N1CCC[C@H](CSc2ccncc2)C1. The number of hydrogen-bond donors (Lipinski definition) is 0. The number of amides is 1. The Balaban J connectivity index is 1.82. The standard InChI is InChI=1S/C16H24N2O2S/c1-16(2,3)20-15(19)18-10-4-5-13(11-18)12-21-14-6-8-17-9-7-14/h6-9,13H,4-5,10-12H2,1-3H3/t13-/m0/s1. The molecule has 1 amide bonds. The highest BCUT2D eigenvalue weighted by Crippen LogP contribution is 2.26. The lowest BCUT2D eigenvalue weighted by Crippen LogP contribution is -2.43. The third-order valence-electron chi connectivity index (χ3n) is 3.31. The summed E-state index contributed by atoms with van der Waals surface area (Å²) < 4.78 is 5.46. The van der Waals surface area contributed by atoms with Crippen LogP contribution in [-0.4, -0.2) is 40.4 Å². The molecule has 0 aliphatic carbocycles. The van der Waals surface area contributed by atoms with E-state index in [9.17, 15) is 4.79 Å². The van der Waals surface area contributed by atoms with Crippen LogP contribution in [0.5, 0.6) is 0 Å². The van der Waals surface area contributed by atoms with E-state index < -0.39 is 5.60 Å². The molecule has 0 N–H and O–H groups in total. The molecule has 1 aliphatic rings. The molecule has 1 aliphatic heterocycles. The minimum atomic E-state index is -0.421. The zero-order valence-corrected chi connectivity index (χ0v) is 13.9. The number of ether oxygens (including phenoxy) is 1. The van der Waals surface area contributed by atoms with Crippen molar-refractivity contribution in [2.24, 2.45) is 5.92 Å². The van der Waals surface area contributed by atoms with Crippen LogP contribution in [0, 0.1) is 5.92 Å². The Bertz CT molecular complexity index is 459. The van der Waals surface area contributed by atoms with Gasteiger partial charge in [0.2, 0.25) is 0 Å². The van der Waals surface area contributed by atoms with Crippen molar-refractivity contribution in [3.05, 3.63) is 24.5 Å². The van der Waals surface area contributed by atoms with Crippen LogP contribution in [-0.2, 0) is 4.74 Å². The predicted octanol–water partition coefficient (Wildman–Crippen LogP) is 3.82. The Hall–Kier alpha value is -1.23. The second-order valence-corrected chi connectivity index (χ2v) is 7.52. The first-order valence-corrected chi connectivity index (χ1v) is 8.43. The van der Waals surface area contributed by atoms with E-state index in [0.717, 1.165) is 25.3 Å². The van der Waals surface area contributed by atoms with Crippen molar-refractivity contribution < 1.29 is 9.53 Å². The number of aromatic nitrogens is 1. The third kappa shape index (κ3) is 5.58. The highest BCUT2D eigenvalue weighted by Gasteiger charge is 2.27. The number of pyridine rings is 1. The van der Waals surface area contributed by atoms with Gasteiger partial charge in [0.15, 0.2) is 0 Å². The van der Waals surface area contributed by atoms with E-state index in [0.29, 0.717) is 5.92 Å². The molecule has 0 aromatic carbocycles. The van der Waals surface area contributed by atoms with Gasteiger partial charge in [-0.05, 0) is 51.7 Å². The first-order valence-electron chi connectivity index (χ1n) is 7.45. The molecule has 0 radical (unpaired) electrons. The van der Waals surface area contributed by atoms with Crippen LogP contribution in [0.1, 0.15) is 33.6 Å². The van der Waals surface area contributed by atoms with Crippen LogP contribution < -0.4 is 0 Å². The zero-order chi connectivity index (χ0) is 15.3. The van der Waals surface area contributed by atoms with Gasteiger partial charge in [-0.1, -0.05) is 0 Å². The fourth-order valence-corrected chi connectivity index (χ4v) is 3.36. The first-order chi connectivity index (χ1) is 9.94. The van der Waals surface area contributed by atoms with Crippen molar-refractivity contribution in [2.75, 3.05) is 18.8 Å². The van der Waals surface area contributed by atoms with Crippen molar-refractivity contribution in [1.29, 1.82) is 0 Å². The normalized spacial score (nSPS) is 19.4. The van der Waals surface area contributed by atoms with Crippen LogP contribution in [0.3, 0.4) is 0 Å². The minimum Gasteiger partial charge on any atom is -0.444 e. The van der Waals surface area contributed by atoms with Crippen LogP contribution >= 0.6 is 11.8 Å². The van der Waals surface area contributed by atoms with Gasteiger partial charge >= 0.3 is 6.09 Å². The Labute approximate surface area is 131 Å². The molecule has 1 aromatic rings. The second-order valence-electron chi connectivity index (χ2n) is 6.43. The molecular formula is C16H24N2O2S. The third-order valence-corrected chi connectivity index (χ3v) is 4.55. The Morgan fingerprint density at radius 1 is 1.43 bits per heavy atom. The number of rotatable bonds is 3. The van der Waals surface area contributed by atoms with Gasteiger partial charge in [0.25, 0.3) is 0 Å². The molecule has 0 spiro atoms. The lowest BCUT2D eigenvalue weighted by molar-refractivity contribution is 0.0177. The molecule has 1 aromatic heterocycles. The summed E-state index contributed by atoms with van der Waals surface area (Å²) in [7, 11) is 0. The lowest BCUT2D eigenvalue weighted by Gasteiger charge is -2.34. The molecule has 2 heterocycles. The number of likely N-dealkylation sites (tertiary alicyclic amines) is 1. The van der Waals surface area contributed by atoms with E-state index >= 15 is 0 Å². The molecule has 0 saturated carbocycles. The second kappa shape index (κ2) is 7.16. The van der Waals surface area contributed by atoms with Crippen molar-refractivity contribution >= 4 is 17.9 Å². The maximum absolute atomic E-state index is 12.1. The topological polar surface area (TPSA) is 42.4 Å². The van der Waals surface area contributed by atoms with E-state index in [1.54, 1.807) is 0 Å². The minimum absolute atomic E-state index is 0.180. The summed E-state index contributed by atoms with van der Waals surface area (Å²) in [5.41, 5.74) is -0.421. The smallest absolute Gasteiger partial charge is 0.410 e. The summed E-state index contributed by atoms with van der Waals surface area (Å²) in [5, 5.41) is 0. The molecule has 1 fully saturated rings. The zero-order valence-electron chi connectivity index (χ0n) is 13.0. The summed E-state index contributed by atoms with van der Waals surface area (Å²) >= 11 is 1.84. The Morgan fingerprint density at radius 2 is 2.14 bits per heavy atom. The van der Waals surface area contributed by atoms with Crippen molar-refractivity contribution in [1.82, 2.24) is 9.88 Å². The van der Waals surface area contributed by atoms with Crippen molar-refractivity contribution in [3.8, 4) is 0 Å². The molecule has 1 atom stereocenters. The van der Waals surface area contributed by atoms with Gasteiger partial charge in [-0.2, -0.15) is 0 Å². The highest BCUT2D eigenvalue weighted by molar-refractivity contribution is 7.99. The molecule has 0 bridgehead atoms. The van der Waals surface area contributed by atoms with Crippen LogP contribution in [0.15, 0.2) is 29.4 Å². The predicted molar refractivity (Wildman–Crippen MR) is 85.5 cm³/mol. The van der Waals surface area contributed by atoms with Gasteiger partial charge in [0, 0.05) is 36.1 Å². The fraction of sp³-hybridized carbons (Fsp3) is 0.625. The van der Waals surface area contributed by atoms with E-state index in [4.69, 9.17) is 4.74 Å². The summed E-state index contributed by atoms with van der Waals surface area (Å²) in [6.45, 7) is 7.33. The molecule has 5 heteroatoms. The van der Waals surface area contributed by atoms with E-state index in [-0.39, 0.29) is 6.09 Å². The number of nitrogens with zero attached hydrogens (tertiary/aromatic N) is 2. The molecule has 1 saturated heterocycles. The summed E-state index contributed by atoms with van der Waals surface area (Å²) in [6.07, 6.45) is 5.69. The summed E-state index contributed by atoms with van der Waals surface area (Å²) in [5.74, 6) is 1.56. The van der Waals surface area contributed by atoms with E-state index in [1.165, 1.54) is 11.3 Å². The molecule has 2 rings (SSSR count). The van der Waals surface area contributed by atoms with Gasteiger partial charge in [-0.3, -0.25) is 4.98 Å². The van der Waals surface area contributed by atoms with Gasteiger partial charge in [0.1, 0.15) is 5.60 Å². The fourth-order valence-electron chi connectivity index (χ4n) is 2.34. The maximum Gasteiger partial charge on any atom is 0.410 e. The first kappa shape index (κ1) is 16.1. The molecule has 21 heavy (non-hydrogen) atoms. The average molecular weight is 308 g/mol. The van der Waals surface area contributed by atoms with Gasteiger partial charge in [-0.15, -0.1) is 11.8 Å².